The highest BCUT2D eigenvalue weighted by Gasteiger charge is 2.42. The molecule has 0 saturated heterocycles. The Balaban J connectivity index is 1.89. The number of para-hydroxylation sites is 2. The number of carbonyl (C=O) groups is 2. The molecule has 7 heteroatoms. The molecular formula is C23H16F2N2O3. The first kappa shape index (κ1) is 19.3. The van der Waals surface area contributed by atoms with Gasteiger partial charge in [0.1, 0.15) is 23.1 Å². The Morgan fingerprint density at radius 2 is 1.57 bits per heavy atom. The van der Waals surface area contributed by atoms with Crippen LogP contribution in [-0.4, -0.2) is 18.9 Å². The number of hydrogen-bond donors (Lipinski definition) is 1. The van der Waals surface area contributed by atoms with E-state index in [4.69, 9.17) is 4.74 Å². The molecule has 0 unspecified atom stereocenters. The van der Waals surface area contributed by atoms with E-state index >= 15 is 0 Å². The van der Waals surface area contributed by atoms with Gasteiger partial charge in [-0.3, -0.25) is 9.59 Å². The minimum Gasteiger partial charge on any atom is -0.496 e. The highest BCUT2D eigenvalue weighted by Crippen LogP contribution is 2.38. The molecule has 1 heterocycles. The number of hydrogen-bond acceptors (Lipinski definition) is 4. The molecule has 4 rings (SSSR count). The average molecular weight is 406 g/mol. The molecule has 3 aromatic carbocycles. The van der Waals surface area contributed by atoms with Gasteiger partial charge in [0, 0.05) is 17.3 Å². The minimum absolute atomic E-state index is 0.00460. The summed E-state index contributed by atoms with van der Waals surface area (Å²) in [6, 6.07) is 18.0. The van der Waals surface area contributed by atoms with Crippen LogP contribution in [0.15, 0.2) is 78.5 Å². The van der Waals surface area contributed by atoms with Crippen LogP contribution >= 0.6 is 0 Å². The Kier molecular flexibility index (Phi) is 5.02. The molecule has 0 atom stereocenters. The van der Waals surface area contributed by atoms with E-state index in [0.29, 0.717) is 21.9 Å². The van der Waals surface area contributed by atoms with Crippen LogP contribution < -0.4 is 15.0 Å². The second-order valence-electron chi connectivity index (χ2n) is 6.48. The Morgan fingerprint density at radius 1 is 0.867 bits per heavy atom. The first-order chi connectivity index (χ1) is 14.5. The molecule has 0 bridgehead atoms. The second kappa shape index (κ2) is 7.79. The van der Waals surface area contributed by atoms with Crippen LogP contribution in [0, 0.1) is 11.6 Å². The summed E-state index contributed by atoms with van der Waals surface area (Å²) in [5.41, 5.74) is 0.408. The van der Waals surface area contributed by atoms with E-state index in [1.807, 2.05) is 0 Å². The van der Waals surface area contributed by atoms with Crippen LogP contribution in [0.4, 0.5) is 20.2 Å². The van der Waals surface area contributed by atoms with E-state index < -0.39 is 29.1 Å². The number of amides is 2. The summed E-state index contributed by atoms with van der Waals surface area (Å²) < 4.78 is 33.5. The first-order valence-corrected chi connectivity index (χ1v) is 9.05. The predicted molar refractivity (Wildman–Crippen MR) is 109 cm³/mol. The van der Waals surface area contributed by atoms with Gasteiger partial charge in [-0.25, -0.2) is 13.7 Å². The maximum absolute atomic E-state index is 14.4. The smallest absolute Gasteiger partial charge is 0.282 e. The molecule has 0 fully saturated rings. The average Bonchev–Trinajstić information content (AvgIpc) is 3.00. The fourth-order valence-corrected chi connectivity index (χ4v) is 3.29. The summed E-state index contributed by atoms with van der Waals surface area (Å²) in [6.07, 6.45) is 0. The molecule has 1 aliphatic rings. The Labute approximate surface area is 171 Å². The zero-order valence-corrected chi connectivity index (χ0v) is 15.9. The standard InChI is InChI=1S/C23H16F2N2O3/c1-30-19-10-6-5-9-16(19)20-21(26-15-7-3-2-4-8-15)23(29)27(22(20)28)18-13-14(24)11-12-17(18)25/h2-13,26H,1H3. The Hall–Kier alpha value is -4.00. The molecular weight excluding hydrogens is 390 g/mol. The van der Waals surface area contributed by atoms with Gasteiger partial charge < -0.3 is 10.1 Å². The van der Waals surface area contributed by atoms with Crippen molar-refractivity contribution in [2.75, 3.05) is 17.3 Å². The number of ether oxygens (including phenoxy) is 1. The zero-order chi connectivity index (χ0) is 21.3. The van der Waals surface area contributed by atoms with Gasteiger partial charge in [-0.1, -0.05) is 36.4 Å². The molecule has 1 N–H and O–H groups in total. The van der Waals surface area contributed by atoms with Gasteiger partial charge in [-0.15, -0.1) is 0 Å². The highest BCUT2D eigenvalue weighted by molar-refractivity contribution is 6.46. The lowest BCUT2D eigenvalue weighted by molar-refractivity contribution is -0.120. The Morgan fingerprint density at radius 3 is 2.30 bits per heavy atom. The van der Waals surface area contributed by atoms with Gasteiger partial charge in [-0.2, -0.15) is 0 Å². The van der Waals surface area contributed by atoms with Crippen LogP contribution in [-0.2, 0) is 9.59 Å². The largest absolute Gasteiger partial charge is 0.496 e. The number of carbonyl (C=O) groups excluding carboxylic acids is 2. The van der Waals surface area contributed by atoms with Crippen LogP contribution in [0.2, 0.25) is 0 Å². The van der Waals surface area contributed by atoms with Crippen molar-refractivity contribution in [1.29, 1.82) is 0 Å². The van der Waals surface area contributed by atoms with Crippen molar-refractivity contribution in [3.8, 4) is 5.75 Å². The highest BCUT2D eigenvalue weighted by atomic mass is 19.1. The maximum Gasteiger partial charge on any atom is 0.282 e. The lowest BCUT2D eigenvalue weighted by atomic mass is 10.0. The van der Waals surface area contributed by atoms with Gasteiger partial charge in [0.05, 0.1) is 18.4 Å². The number of imide groups is 1. The van der Waals surface area contributed by atoms with E-state index in [1.54, 1.807) is 54.6 Å². The maximum atomic E-state index is 14.4. The third kappa shape index (κ3) is 3.30. The lowest BCUT2D eigenvalue weighted by Gasteiger charge is -2.16. The van der Waals surface area contributed by atoms with Crippen molar-refractivity contribution in [2.24, 2.45) is 0 Å². The molecule has 1 aliphatic heterocycles. The third-order valence-corrected chi connectivity index (χ3v) is 4.65. The molecule has 2 amide bonds. The van der Waals surface area contributed by atoms with Crippen molar-refractivity contribution >= 4 is 28.8 Å². The van der Waals surface area contributed by atoms with Crippen LogP contribution in [0.1, 0.15) is 5.56 Å². The van der Waals surface area contributed by atoms with E-state index in [2.05, 4.69) is 5.32 Å². The summed E-state index contributed by atoms with van der Waals surface area (Å²) in [4.78, 5) is 27.2. The minimum atomic E-state index is -0.890. The van der Waals surface area contributed by atoms with Crippen LogP contribution in [0.3, 0.4) is 0 Å². The molecule has 0 aliphatic carbocycles. The normalized spacial score (nSPS) is 13.8. The quantitative estimate of drug-likeness (QED) is 0.640. The monoisotopic (exact) mass is 406 g/mol. The molecule has 0 spiro atoms. The van der Waals surface area contributed by atoms with Crippen molar-refractivity contribution < 1.29 is 23.1 Å². The number of methoxy groups -OCH3 is 1. The number of nitrogens with one attached hydrogen (secondary N) is 1. The van der Waals surface area contributed by atoms with Gasteiger partial charge in [-0.05, 0) is 30.3 Å². The number of rotatable bonds is 5. The third-order valence-electron chi connectivity index (χ3n) is 4.65. The zero-order valence-electron chi connectivity index (χ0n) is 15.9. The van der Waals surface area contributed by atoms with E-state index in [-0.39, 0.29) is 11.3 Å². The SMILES string of the molecule is COc1ccccc1C1=C(Nc2ccccc2)C(=O)N(c2cc(F)ccc2F)C1=O. The topological polar surface area (TPSA) is 58.6 Å². The van der Waals surface area contributed by atoms with Gasteiger partial charge in [0.2, 0.25) is 0 Å². The lowest BCUT2D eigenvalue weighted by Crippen LogP contribution is -2.33. The number of anilines is 2. The number of benzene rings is 3. The molecule has 0 radical (unpaired) electrons. The molecule has 3 aromatic rings. The molecule has 5 nitrogen and oxygen atoms in total. The molecule has 0 saturated carbocycles. The number of nitrogens with zero attached hydrogens (tertiary/aromatic N) is 1. The first-order valence-electron chi connectivity index (χ1n) is 9.05. The van der Waals surface area contributed by atoms with Gasteiger partial charge in [0.15, 0.2) is 0 Å². The predicted octanol–water partition coefficient (Wildman–Crippen LogP) is 4.37. The van der Waals surface area contributed by atoms with Gasteiger partial charge in [0.25, 0.3) is 11.8 Å². The second-order valence-corrected chi connectivity index (χ2v) is 6.48. The van der Waals surface area contributed by atoms with Crippen molar-refractivity contribution in [3.63, 3.8) is 0 Å². The summed E-state index contributed by atoms with van der Waals surface area (Å²) >= 11 is 0. The molecule has 150 valence electrons. The fraction of sp³-hybridized carbons (Fsp3) is 0.0435. The number of halogens is 2. The van der Waals surface area contributed by atoms with Crippen molar-refractivity contribution in [1.82, 2.24) is 0 Å². The summed E-state index contributed by atoms with van der Waals surface area (Å²) in [7, 11) is 1.44. The summed E-state index contributed by atoms with van der Waals surface area (Å²) in [5, 5.41) is 2.95. The van der Waals surface area contributed by atoms with E-state index in [9.17, 15) is 18.4 Å². The van der Waals surface area contributed by atoms with E-state index in [1.165, 1.54) is 7.11 Å². The summed E-state index contributed by atoms with van der Waals surface area (Å²) in [5.74, 6) is -2.88. The van der Waals surface area contributed by atoms with Crippen LogP contribution in [0.25, 0.3) is 5.57 Å². The molecule has 30 heavy (non-hydrogen) atoms. The van der Waals surface area contributed by atoms with E-state index in [0.717, 1.165) is 18.2 Å². The molecule has 0 aromatic heterocycles. The van der Waals surface area contributed by atoms with Crippen LogP contribution in [0.5, 0.6) is 5.75 Å². The van der Waals surface area contributed by atoms with Gasteiger partial charge >= 0.3 is 0 Å². The fourth-order valence-electron chi connectivity index (χ4n) is 3.29. The van der Waals surface area contributed by atoms with Crippen molar-refractivity contribution in [2.45, 2.75) is 0 Å². The Bertz CT molecular complexity index is 1180. The van der Waals surface area contributed by atoms with Crippen molar-refractivity contribution in [3.05, 3.63) is 95.7 Å². The summed E-state index contributed by atoms with van der Waals surface area (Å²) in [6.45, 7) is 0.